The van der Waals surface area contributed by atoms with Gasteiger partial charge in [-0.1, -0.05) is 0 Å². The molecule has 0 saturated carbocycles. The number of aromatic nitrogens is 1. The Bertz CT molecular complexity index is 402. The molecule has 0 unspecified atom stereocenters. The molecule has 0 aliphatic rings. The predicted molar refractivity (Wildman–Crippen MR) is 71.4 cm³/mol. The molecule has 0 radical (unpaired) electrons. The third kappa shape index (κ3) is 4.34. The molecule has 18 heavy (non-hydrogen) atoms. The van der Waals surface area contributed by atoms with Gasteiger partial charge in [0, 0.05) is 30.9 Å². The summed E-state index contributed by atoms with van der Waals surface area (Å²) in [5.41, 5.74) is 0.574. The zero-order valence-corrected chi connectivity index (χ0v) is 11.6. The van der Waals surface area contributed by atoms with Gasteiger partial charge in [-0.2, -0.15) is 5.26 Å². The van der Waals surface area contributed by atoms with Gasteiger partial charge in [-0.15, -0.1) is 0 Å². The molecule has 0 atom stereocenters. The fourth-order valence-electron chi connectivity index (χ4n) is 1.93. The minimum absolute atomic E-state index is 0.493. The van der Waals surface area contributed by atoms with Gasteiger partial charge in [-0.05, 0) is 33.8 Å². The number of hydrogen-bond acceptors (Lipinski definition) is 4. The molecule has 0 saturated heterocycles. The topological polar surface area (TPSA) is 49.1 Å². The van der Waals surface area contributed by atoms with Crippen LogP contribution in [0, 0.1) is 11.3 Å². The lowest BCUT2D eigenvalue weighted by atomic mass is 10.2. The maximum atomic E-state index is 8.78. The molecule has 98 valence electrons. The number of pyridine rings is 1. The summed E-state index contributed by atoms with van der Waals surface area (Å²) in [7, 11) is 0. The Labute approximate surface area is 109 Å². The number of nitrogens with zero attached hydrogens (tertiary/aromatic N) is 3. The normalized spacial score (nSPS) is 11.0. The molecule has 0 aliphatic heterocycles. The van der Waals surface area contributed by atoms with Crippen LogP contribution in [0.1, 0.15) is 33.3 Å². The fourth-order valence-corrected chi connectivity index (χ4v) is 1.93. The smallest absolute Gasteiger partial charge is 0.214 e. The molecule has 0 amide bonds. The van der Waals surface area contributed by atoms with E-state index in [-0.39, 0.29) is 0 Å². The molecule has 0 fully saturated rings. The van der Waals surface area contributed by atoms with Crippen molar-refractivity contribution in [1.82, 2.24) is 9.88 Å². The molecule has 1 rings (SSSR count). The van der Waals surface area contributed by atoms with E-state index in [1.807, 2.05) is 0 Å². The molecule has 0 N–H and O–H groups in total. The third-order valence-corrected chi connectivity index (χ3v) is 2.79. The molecule has 0 aliphatic carbocycles. The molecule has 1 aromatic rings. The second kappa shape index (κ2) is 6.97. The Hall–Kier alpha value is -1.60. The van der Waals surface area contributed by atoms with E-state index in [0.29, 0.717) is 30.1 Å². The standard InChI is InChI=1S/C14H21N3O/c1-11(2)17(12(3)4)7-8-18-14-9-13(10-15)5-6-16-14/h5-6,9,11-12H,7-8H2,1-4H3. The summed E-state index contributed by atoms with van der Waals surface area (Å²) in [4.78, 5) is 6.44. The highest BCUT2D eigenvalue weighted by atomic mass is 16.5. The van der Waals surface area contributed by atoms with Crippen molar-refractivity contribution < 1.29 is 4.74 Å². The maximum absolute atomic E-state index is 8.78. The van der Waals surface area contributed by atoms with E-state index in [9.17, 15) is 0 Å². The lowest BCUT2D eigenvalue weighted by Gasteiger charge is -2.30. The van der Waals surface area contributed by atoms with Gasteiger partial charge >= 0.3 is 0 Å². The lowest BCUT2D eigenvalue weighted by Crippen LogP contribution is -2.39. The molecule has 1 aromatic heterocycles. The van der Waals surface area contributed by atoms with Crippen LogP contribution < -0.4 is 4.74 Å². The van der Waals surface area contributed by atoms with Crippen LogP contribution in [0.3, 0.4) is 0 Å². The first kappa shape index (κ1) is 14.5. The minimum Gasteiger partial charge on any atom is -0.476 e. The van der Waals surface area contributed by atoms with Crippen LogP contribution in [0.5, 0.6) is 5.88 Å². The zero-order chi connectivity index (χ0) is 13.5. The van der Waals surface area contributed by atoms with Gasteiger partial charge in [0.15, 0.2) is 0 Å². The van der Waals surface area contributed by atoms with Gasteiger partial charge in [0.2, 0.25) is 5.88 Å². The van der Waals surface area contributed by atoms with E-state index >= 15 is 0 Å². The summed E-state index contributed by atoms with van der Waals surface area (Å²) in [6.45, 7) is 10.1. The first-order chi connectivity index (χ1) is 8.54. The van der Waals surface area contributed by atoms with Gasteiger partial charge in [0.1, 0.15) is 6.61 Å². The van der Waals surface area contributed by atoms with Crippen LogP contribution in [0.15, 0.2) is 18.3 Å². The molecule has 4 heteroatoms. The minimum atomic E-state index is 0.493. The zero-order valence-electron chi connectivity index (χ0n) is 11.6. The van der Waals surface area contributed by atoms with E-state index in [2.05, 4.69) is 43.6 Å². The Morgan fingerprint density at radius 1 is 1.33 bits per heavy atom. The Kier molecular flexibility index (Phi) is 5.60. The number of nitriles is 1. The number of rotatable bonds is 6. The van der Waals surface area contributed by atoms with E-state index < -0.39 is 0 Å². The van der Waals surface area contributed by atoms with E-state index in [4.69, 9.17) is 10.00 Å². The molecule has 4 nitrogen and oxygen atoms in total. The van der Waals surface area contributed by atoms with Crippen LogP contribution in [-0.4, -0.2) is 35.1 Å². The van der Waals surface area contributed by atoms with Crippen molar-refractivity contribution >= 4 is 0 Å². The van der Waals surface area contributed by atoms with Gasteiger partial charge in [0.05, 0.1) is 11.6 Å². The van der Waals surface area contributed by atoms with E-state index in [1.165, 1.54) is 0 Å². The Balaban J connectivity index is 2.48. The predicted octanol–water partition coefficient (Wildman–Crippen LogP) is 2.45. The van der Waals surface area contributed by atoms with Crippen LogP contribution in [0.25, 0.3) is 0 Å². The summed E-state index contributed by atoms with van der Waals surface area (Å²) in [5, 5.41) is 8.78. The van der Waals surface area contributed by atoms with Gasteiger partial charge in [-0.3, -0.25) is 4.90 Å². The average molecular weight is 247 g/mol. The molecular formula is C14H21N3O. The SMILES string of the molecule is CC(C)N(CCOc1cc(C#N)ccn1)C(C)C. The lowest BCUT2D eigenvalue weighted by molar-refractivity contribution is 0.140. The van der Waals surface area contributed by atoms with Crippen molar-refractivity contribution in [3.63, 3.8) is 0 Å². The highest BCUT2D eigenvalue weighted by Gasteiger charge is 2.12. The van der Waals surface area contributed by atoms with E-state index in [0.717, 1.165) is 6.54 Å². The van der Waals surface area contributed by atoms with Gasteiger partial charge < -0.3 is 4.74 Å². The molecule has 0 bridgehead atoms. The monoisotopic (exact) mass is 247 g/mol. The molecule has 0 aromatic carbocycles. The summed E-state index contributed by atoms with van der Waals surface area (Å²) in [5.74, 6) is 0.515. The molecular weight excluding hydrogens is 226 g/mol. The molecule has 0 spiro atoms. The van der Waals surface area contributed by atoms with Crippen molar-refractivity contribution in [3.8, 4) is 11.9 Å². The van der Waals surface area contributed by atoms with Crippen molar-refractivity contribution in [2.75, 3.05) is 13.2 Å². The van der Waals surface area contributed by atoms with Crippen LogP contribution >= 0.6 is 0 Å². The van der Waals surface area contributed by atoms with E-state index in [1.54, 1.807) is 18.3 Å². The second-order valence-corrected chi connectivity index (χ2v) is 4.77. The van der Waals surface area contributed by atoms with Crippen molar-refractivity contribution in [3.05, 3.63) is 23.9 Å². The summed E-state index contributed by atoms with van der Waals surface area (Å²) >= 11 is 0. The van der Waals surface area contributed by atoms with Gasteiger partial charge in [0.25, 0.3) is 0 Å². The summed E-state index contributed by atoms with van der Waals surface area (Å²) < 4.78 is 5.58. The quantitative estimate of drug-likeness (QED) is 0.774. The second-order valence-electron chi connectivity index (χ2n) is 4.77. The number of ether oxygens (including phenoxy) is 1. The van der Waals surface area contributed by atoms with Crippen LogP contribution in [0.2, 0.25) is 0 Å². The highest BCUT2D eigenvalue weighted by Crippen LogP contribution is 2.09. The largest absolute Gasteiger partial charge is 0.476 e. The highest BCUT2D eigenvalue weighted by molar-refractivity contribution is 5.31. The Morgan fingerprint density at radius 2 is 2.00 bits per heavy atom. The van der Waals surface area contributed by atoms with Gasteiger partial charge in [-0.25, -0.2) is 4.98 Å². The fraction of sp³-hybridized carbons (Fsp3) is 0.571. The summed E-state index contributed by atoms with van der Waals surface area (Å²) in [6.07, 6.45) is 1.59. The first-order valence-electron chi connectivity index (χ1n) is 6.29. The van der Waals surface area contributed by atoms with Crippen molar-refractivity contribution in [1.29, 1.82) is 5.26 Å². The number of hydrogen-bond donors (Lipinski definition) is 0. The van der Waals surface area contributed by atoms with Crippen LogP contribution in [0.4, 0.5) is 0 Å². The van der Waals surface area contributed by atoms with Crippen LogP contribution in [-0.2, 0) is 0 Å². The molecule has 1 heterocycles. The average Bonchev–Trinajstić information content (AvgIpc) is 2.34. The van der Waals surface area contributed by atoms with Crippen molar-refractivity contribution in [2.45, 2.75) is 39.8 Å². The summed E-state index contributed by atoms with van der Waals surface area (Å²) in [6, 6.07) is 6.39. The first-order valence-corrected chi connectivity index (χ1v) is 6.29. The Morgan fingerprint density at radius 3 is 2.56 bits per heavy atom. The maximum Gasteiger partial charge on any atom is 0.214 e. The van der Waals surface area contributed by atoms with Crippen molar-refractivity contribution in [2.24, 2.45) is 0 Å². The third-order valence-electron chi connectivity index (χ3n) is 2.79.